The third-order valence-electron chi connectivity index (χ3n) is 12.0. The van der Waals surface area contributed by atoms with E-state index in [-0.39, 0.29) is 19.8 Å². The maximum absolute atomic E-state index is 8.88. The molecule has 0 aliphatic heterocycles. The van der Waals surface area contributed by atoms with Crippen molar-refractivity contribution in [1.29, 1.82) is 0 Å². The highest BCUT2D eigenvalue weighted by atomic mass is 31.2. The van der Waals surface area contributed by atoms with Crippen molar-refractivity contribution < 1.29 is 34.6 Å². The molecule has 398 valence electrons. The van der Waals surface area contributed by atoms with Gasteiger partial charge in [-0.2, -0.15) is 0 Å². The number of unbranched alkanes of at least 4 members (excludes halogenated alkanes) is 39. The second-order valence-electron chi connectivity index (χ2n) is 18.7. The average Bonchev–Trinajstić information content (AvgIpc) is 3.28. The number of phosphoric acid groups is 1. The van der Waals surface area contributed by atoms with E-state index in [4.69, 9.17) is 34.6 Å². The van der Waals surface area contributed by atoms with Crippen LogP contribution >= 0.6 is 7.82 Å². The van der Waals surface area contributed by atoms with Crippen LogP contribution in [-0.4, -0.2) is 89.1 Å². The smallest absolute Gasteiger partial charge is 0.395 e. The Labute approximate surface area is 406 Å². The minimum absolute atomic E-state index is 0.263. The Morgan fingerprint density at radius 2 is 0.369 bits per heavy atom. The van der Waals surface area contributed by atoms with E-state index in [0.29, 0.717) is 0 Å². The third-order valence-corrected chi connectivity index (χ3v) is 12.0. The molecule has 0 aromatic heterocycles. The standard InChI is InChI=1S/3C18H39NO.H3O4P/c3*1-2-3-4-5-6-7-8-9-10-11-12-13-14-15-16-19-17-18-20;1-5(2,3)4/h3*19-20H,2-18H2,1H3;(H3,1,2,3,4). The van der Waals surface area contributed by atoms with Crippen molar-refractivity contribution in [2.45, 2.75) is 290 Å². The van der Waals surface area contributed by atoms with Gasteiger partial charge in [0.05, 0.1) is 19.8 Å². The molecule has 0 amide bonds. The molecule has 10 nitrogen and oxygen atoms in total. The summed E-state index contributed by atoms with van der Waals surface area (Å²) in [7, 11) is -4.64. The highest BCUT2D eigenvalue weighted by molar-refractivity contribution is 7.45. The molecule has 0 saturated heterocycles. The third kappa shape index (κ3) is 94.5. The van der Waals surface area contributed by atoms with Crippen LogP contribution in [0.25, 0.3) is 0 Å². The molecule has 65 heavy (non-hydrogen) atoms. The Bertz CT molecular complexity index is 664. The Hall–Kier alpha value is -0.130. The minimum atomic E-state index is -4.64. The number of aliphatic hydroxyl groups is 3. The van der Waals surface area contributed by atoms with Crippen LogP contribution in [0, 0.1) is 0 Å². The van der Waals surface area contributed by atoms with Crippen LogP contribution in [0.1, 0.15) is 290 Å². The van der Waals surface area contributed by atoms with E-state index in [2.05, 4.69) is 36.7 Å². The van der Waals surface area contributed by atoms with Gasteiger partial charge in [0, 0.05) is 19.6 Å². The zero-order valence-electron chi connectivity index (χ0n) is 44.1. The quantitative estimate of drug-likeness (QED) is 0.0211. The van der Waals surface area contributed by atoms with Crippen LogP contribution in [0.3, 0.4) is 0 Å². The van der Waals surface area contributed by atoms with E-state index in [1.54, 1.807) is 0 Å². The van der Waals surface area contributed by atoms with Gasteiger partial charge in [-0.1, -0.05) is 271 Å². The van der Waals surface area contributed by atoms with E-state index in [1.807, 2.05) is 0 Å². The SMILES string of the molecule is CCCCCCCCCCCCCCCCNCCO.CCCCCCCCCCCCCCCCNCCO.CCCCCCCCCCCCCCCCNCCO.O=P(O)(O)O. The van der Waals surface area contributed by atoms with E-state index in [0.717, 1.165) is 39.3 Å². The highest BCUT2D eigenvalue weighted by Crippen LogP contribution is 2.26. The first-order valence-electron chi connectivity index (χ1n) is 28.5. The van der Waals surface area contributed by atoms with Crippen molar-refractivity contribution in [3.63, 3.8) is 0 Å². The molecule has 0 rings (SSSR count). The molecule has 0 fully saturated rings. The van der Waals surface area contributed by atoms with E-state index >= 15 is 0 Å². The molecule has 0 aliphatic rings. The Balaban J connectivity index is -0.000000407. The Kier molecular flexibility index (Phi) is 77.4. The van der Waals surface area contributed by atoms with Crippen LogP contribution < -0.4 is 16.0 Å². The first-order chi connectivity index (χ1) is 31.7. The summed E-state index contributed by atoms with van der Waals surface area (Å²) in [6.45, 7) is 13.1. The molecular formula is C54H120N3O7P. The normalized spacial score (nSPS) is 11.2. The predicted octanol–water partition coefficient (Wildman–Crippen LogP) is 14.2. The largest absolute Gasteiger partial charge is 0.466 e. The van der Waals surface area contributed by atoms with Gasteiger partial charge in [0.25, 0.3) is 0 Å². The maximum Gasteiger partial charge on any atom is 0.466 e. The monoisotopic (exact) mass is 954 g/mol. The average molecular weight is 955 g/mol. The van der Waals surface area contributed by atoms with Gasteiger partial charge in [-0.15, -0.1) is 0 Å². The van der Waals surface area contributed by atoms with Crippen molar-refractivity contribution >= 4 is 7.82 Å². The molecule has 0 aromatic rings. The molecule has 11 heteroatoms. The molecule has 0 aliphatic carbocycles. The summed E-state index contributed by atoms with van der Waals surface area (Å²) in [5.74, 6) is 0. The molecule has 0 heterocycles. The summed E-state index contributed by atoms with van der Waals surface area (Å²) in [5, 5.41) is 35.5. The van der Waals surface area contributed by atoms with Gasteiger partial charge in [0.15, 0.2) is 0 Å². The van der Waals surface area contributed by atoms with Crippen LogP contribution in [0.15, 0.2) is 0 Å². The summed E-state index contributed by atoms with van der Waals surface area (Å²) in [6, 6.07) is 0. The second-order valence-corrected chi connectivity index (χ2v) is 19.7. The number of aliphatic hydroxyl groups excluding tert-OH is 3. The first kappa shape index (κ1) is 71.4. The molecular weight excluding hydrogens is 834 g/mol. The number of rotatable bonds is 51. The molecule has 0 saturated carbocycles. The molecule has 0 spiro atoms. The summed E-state index contributed by atoms with van der Waals surface area (Å²) in [5.41, 5.74) is 0. The van der Waals surface area contributed by atoms with Crippen molar-refractivity contribution in [3.8, 4) is 0 Å². The molecule has 0 radical (unpaired) electrons. The lowest BCUT2D eigenvalue weighted by molar-refractivity contribution is 0.275. The van der Waals surface area contributed by atoms with Gasteiger partial charge in [-0.25, -0.2) is 4.57 Å². The number of nitrogens with one attached hydrogen (secondary N) is 3. The fraction of sp³-hybridized carbons (Fsp3) is 1.00. The van der Waals surface area contributed by atoms with E-state index < -0.39 is 7.82 Å². The number of hydrogen-bond acceptors (Lipinski definition) is 7. The summed E-state index contributed by atoms with van der Waals surface area (Å²) >= 11 is 0. The summed E-state index contributed by atoms with van der Waals surface area (Å²) in [6.07, 6.45) is 59.4. The molecule has 0 bridgehead atoms. The topological polar surface area (TPSA) is 175 Å². The zero-order chi connectivity index (χ0) is 48.7. The molecule has 9 N–H and O–H groups in total. The fourth-order valence-corrected chi connectivity index (χ4v) is 7.95. The summed E-state index contributed by atoms with van der Waals surface area (Å²) in [4.78, 5) is 21.6. The van der Waals surface area contributed by atoms with E-state index in [1.165, 1.54) is 270 Å². The van der Waals surface area contributed by atoms with Crippen LogP contribution in [0.2, 0.25) is 0 Å². The van der Waals surface area contributed by atoms with Crippen molar-refractivity contribution in [3.05, 3.63) is 0 Å². The molecule has 0 unspecified atom stereocenters. The zero-order valence-corrected chi connectivity index (χ0v) is 45.0. The lowest BCUT2D eigenvalue weighted by Crippen LogP contribution is -2.19. The maximum atomic E-state index is 8.88. The van der Waals surface area contributed by atoms with Gasteiger partial charge >= 0.3 is 7.82 Å². The minimum Gasteiger partial charge on any atom is -0.395 e. The first-order valence-corrected chi connectivity index (χ1v) is 30.0. The highest BCUT2D eigenvalue weighted by Gasteiger charge is 2.00. The molecule has 0 aromatic carbocycles. The second kappa shape index (κ2) is 70.4. The van der Waals surface area contributed by atoms with Crippen LogP contribution in [0.4, 0.5) is 0 Å². The van der Waals surface area contributed by atoms with Gasteiger partial charge < -0.3 is 46.0 Å². The van der Waals surface area contributed by atoms with Crippen LogP contribution in [-0.2, 0) is 4.57 Å². The van der Waals surface area contributed by atoms with Gasteiger partial charge in [0.2, 0.25) is 0 Å². The number of hydrogen-bond donors (Lipinski definition) is 9. The summed E-state index contributed by atoms with van der Waals surface area (Å²) < 4.78 is 8.88. The van der Waals surface area contributed by atoms with Crippen molar-refractivity contribution in [1.82, 2.24) is 16.0 Å². The van der Waals surface area contributed by atoms with Gasteiger partial charge in [-0.3, -0.25) is 0 Å². The lowest BCUT2D eigenvalue weighted by Gasteiger charge is -2.04. The van der Waals surface area contributed by atoms with Crippen LogP contribution in [0.5, 0.6) is 0 Å². The van der Waals surface area contributed by atoms with Crippen molar-refractivity contribution in [2.75, 3.05) is 59.1 Å². The van der Waals surface area contributed by atoms with E-state index in [9.17, 15) is 0 Å². The Morgan fingerprint density at radius 1 is 0.246 bits per heavy atom. The fourth-order valence-electron chi connectivity index (χ4n) is 7.95. The molecule has 0 atom stereocenters. The van der Waals surface area contributed by atoms with Gasteiger partial charge in [0.1, 0.15) is 0 Å². The van der Waals surface area contributed by atoms with Gasteiger partial charge in [-0.05, 0) is 38.9 Å². The Morgan fingerprint density at radius 3 is 0.492 bits per heavy atom. The lowest BCUT2D eigenvalue weighted by atomic mass is 10.0. The predicted molar refractivity (Wildman–Crippen MR) is 285 cm³/mol. The van der Waals surface area contributed by atoms with Crippen molar-refractivity contribution in [2.24, 2.45) is 0 Å².